The Morgan fingerprint density at radius 2 is 1.84 bits per heavy atom. The van der Waals surface area contributed by atoms with Gasteiger partial charge in [0.2, 0.25) is 5.75 Å². The van der Waals surface area contributed by atoms with Crippen LogP contribution in [-0.4, -0.2) is 53.9 Å². The summed E-state index contributed by atoms with van der Waals surface area (Å²) in [5, 5.41) is 46.0. The van der Waals surface area contributed by atoms with E-state index >= 15 is 0 Å². The summed E-state index contributed by atoms with van der Waals surface area (Å²) < 4.78 is 12.4. The Kier molecular flexibility index (Phi) is 9.02. The van der Waals surface area contributed by atoms with E-state index in [9.17, 15) is 39.8 Å². The van der Waals surface area contributed by atoms with Crippen LogP contribution >= 0.6 is 0 Å². The molecule has 2 aliphatic heterocycles. The molecule has 0 radical (unpaired) electrons. The van der Waals surface area contributed by atoms with Crippen molar-refractivity contribution in [3.05, 3.63) is 61.4 Å². The van der Waals surface area contributed by atoms with Crippen LogP contribution in [0.1, 0.15) is 115 Å². The zero-order valence-electron chi connectivity index (χ0n) is 33.2. The Labute approximate surface area is 330 Å². The second kappa shape index (κ2) is 13.4. The number of esters is 2. The van der Waals surface area contributed by atoms with E-state index in [4.69, 9.17) is 14.5 Å². The molecule has 2 aromatic heterocycles. The molecule has 57 heavy (non-hydrogen) atoms. The molecule has 0 spiro atoms. The van der Waals surface area contributed by atoms with E-state index in [1.807, 2.05) is 0 Å². The second-order valence-corrected chi connectivity index (χ2v) is 18.8. The van der Waals surface area contributed by atoms with E-state index in [1.54, 1.807) is 25.1 Å². The zero-order valence-corrected chi connectivity index (χ0v) is 33.2. The van der Waals surface area contributed by atoms with E-state index in [0.717, 1.165) is 51.4 Å². The number of carbonyl (C=O) groups excluding carboxylic acids is 2. The fourth-order valence-electron chi connectivity index (χ4n) is 13.2. The number of hydrogen-bond donors (Lipinski definition) is 3. The number of hydrogen-bond acceptors (Lipinski definition) is 11. The predicted molar refractivity (Wildman–Crippen MR) is 208 cm³/mol. The minimum atomic E-state index is -1.98. The van der Waals surface area contributed by atoms with Crippen molar-refractivity contribution in [1.29, 1.82) is 0 Å². The Morgan fingerprint density at radius 3 is 2.60 bits per heavy atom. The molecule has 4 fully saturated rings. The third-order valence-electron chi connectivity index (χ3n) is 16.3. The van der Waals surface area contributed by atoms with Gasteiger partial charge in [-0.15, -0.1) is 0 Å². The number of ether oxygens (including phenoxy) is 2. The van der Waals surface area contributed by atoms with Crippen LogP contribution in [0.25, 0.3) is 22.3 Å². The molecule has 5 unspecified atom stereocenters. The van der Waals surface area contributed by atoms with E-state index in [1.165, 1.54) is 10.6 Å². The van der Waals surface area contributed by atoms with Gasteiger partial charge in [-0.1, -0.05) is 27.7 Å². The first-order valence-electron chi connectivity index (χ1n) is 20.9. The smallest absolute Gasteiger partial charge is 0.343 e. The van der Waals surface area contributed by atoms with E-state index in [-0.39, 0.29) is 94.3 Å². The lowest BCUT2D eigenvalue weighted by molar-refractivity contribution is -0.383. The van der Waals surface area contributed by atoms with Gasteiger partial charge in [-0.3, -0.25) is 19.7 Å². The SMILES string of the molecule is CC[C@@]1(O)C(=O)OCc2c1cc1n(c2=O)Cc2cc3c([N+](=O)[O-])c(OC(=O)CC[C@@H](C)C4CCC5C6C(CC[C@@]54C)[C@@]4(C)CC[C@@H](O)CC4C[C@H]6O)ccc3nc2-1. The molecule has 304 valence electrons. The first-order valence-corrected chi connectivity index (χ1v) is 20.9. The van der Waals surface area contributed by atoms with Crippen LogP contribution < -0.4 is 10.3 Å². The van der Waals surface area contributed by atoms with Crippen LogP contribution in [-0.2, 0) is 33.1 Å². The Morgan fingerprint density at radius 1 is 1.09 bits per heavy atom. The van der Waals surface area contributed by atoms with Crippen LogP contribution in [0.2, 0.25) is 0 Å². The van der Waals surface area contributed by atoms with Crippen molar-refractivity contribution in [3.63, 3.8) is 0 Å². The Hall–Kier alpha value is -4.20. The van der Waals surface area contributed by atoms with E-state index in [2.05, 4.69) is 20.8 Å². The number of nitro groups is 1. The molecule has 6 aliphatic rings. The highest BCUT2D eigenvalue weighted by Gasteiger charge is 2.63. The molecule has 3 aromatic rings. The summed E-state index contributed by atoms with van der Waals surface area (Å²) in [5.74, 6) is 0.559. The monoisotopic (exact) mass is 783 g/mol. The molecule has 3 N–H and O–H groups in total. The number of rotatable bonds is 7. The number of nitrogens with zero attached hydrogens (tertiary/aromatic N) is 3. The van der Waals surface area contributed by atoms with Gasteiger partial charge < -0.3 is 29.4 Å². The topological polar surface area (TPSA) is 191 Å². The molecule has 0 bridgehead atoms. The molecule has 13 heteroatoms. The summed E-state index contributed by atoms with van der Waals surface area (Å²) in [5.41, 5.74) is -0.606. The van der Waals surface area contributed by atoms with Gasteiger partial charge in [0, 0.05) is 17.5 Å². The minimum absolute atomic E-state index is 0.00597. The number of aromatic nitrogens is 2. The summed E-state index contributed by atoms with van der Waals surface area (Å²) in [6.45, 7) is 8.46. The molecular formula is C44H53N3O10. The highest BCUT2D eigenvalue weighted by Crippen LogP contribution is 2.68. The molecule has 1 aromatic carbocycles. The number of fused-ring (bicyclic) bond motifs is 10. The van der Waals surface area contributed by atoms with Crippen molar-refractivity contribution in [2.45, 2.75) is 129 Å². The number of aliphatic hydroxyl groups excluding tert-OH is 2. The first kappa shape index (κ1) is 38.3. The van der Waals surface area contributed by atoms with Crippen molar-refractivity contribution in [3.8, 4) is 17.1 Å². The molecule has 0 amide bonds. The van der Waals surface area contributed by atoms with Crippen LogP contribution in [0.3, 0.4) is 0 Å². The Balaban J connectivity index is 0.914. The molecule has 13 nitrogen and oxygen atoms in total. The summed E-state index contributed by atoms with van der Waals surface area (Å²) in [6.07, 6.45) is 7.79. The van der Waals surface area contributed by atoms with Crippen LogP contribution in [0.5, 0.6) is 5.75 Å². The highest BCUT2D eigenvalue weighted by atomic mass is 16.6. The lowest BCUT2D eigenvalue weighted by Gasteiger charge is -2.62. The van der Waals surface area contributed by atoms with Gasteiger partial charge in [-0.05, 0) is 135 Å². The fraction of sp³-hybridized carbons (Fsp3) is 0.636. The van der Waals surface area contributed by atoms with E-state index < -0.39 is 28.0 Å². The maximum atomic E-state index is 13.6. The number of cyclic esters (lactones) is 1. The number of benzene rings is 1. The van der Waals surface area contributed by atoms with Crippen molar-refractivity contribution in [2.75, 3.05) is 0 Å². The third kappa shape index (κ3) is 5.65. The van der Waals surface area contributed by atoms with Crippen molar-refractivity contribution < 1.29 is 39.3 Å². The summed E-state index contributed by atoms with van der Waals surface area (Å²) in [4.78, 5) is 56.3. The first-order chi connectivity index (χ1) is 27.1. The lowest BCUT2D eigenvalue weighted by Crippen LogP contribution is -2.58. The molecule has 0 saturated heterocycles. The molecule has 4 heterocycles. The zero-order chi connectivity index (χ0) is 40.3. The minimum Gasteiger partial charge on any atom is -0.458 e. The van der Waals surface area contributed by atoms with Gasteiger partial charge in [0.25, 0.3) is 5.56 Å². The predicted octanol–water partition coefficient (Wildman–Crippen LogP) is 6.30. The number of aliphatic hydroxyl groups is 3. The maximum Gasteiger partial charge on any atom is 0.343 e. The normalized spacial score (nSPS) is 35.6. The van der Waals surface area contributed by atoms with Crippen LogP contribution in [0.15, 0.2) is 29.1 Å². The van der Waals surface area contributed by atoms with Crippen molar-refractivity contribution >= 4 is 28.5 Å². The summed E-state index contributed by atoms with van der Waals surface area (Å²) in [7, 11) is 0. The maximum absolute atomic E-state index is 13.6. The average molecular weight is 784 g/mol. The standard InChI is InChI=1S/C44H53N3O10/c1-5-44(53)31-19-33-38-23(20-46(33)40(51)27(31)21-56-41(44)52)16-26-32(45-38)9-10-35(39(26)47(54)55)57-36(50)11-6-22(2)28-7-8-29-37-30(13-15-43(28,29)4)42(3)14-12-25(48)17-24(42)18-34(37)49/h9-10,16,19,22,24-25,28-30,34,37,48-49,53H,5-8,11-15,17-18,20-21H2,1-4H3/t22-,24?,25-,28?,29?,30?,34-,37?,42+,43-,44+/m1/s1. The quantitative estimate of drug-likeness (QED) is 0.0825. The van der Waals surface area contributed by atoms with Gasteiger partial charge >= 0.3 is 17.6 Å². The van der Waals surface area contributed by atoms with Gasteiger partial charge in [0.15, 0.2) is 5.60 Å². The van der Waals surface area contributed by atoms with Crippen molar-refractivity contribution in [1.82, 2.24) is 9.55 Å². The molecule has 4 aliphatic carbocycles. The van der Waals surface area contributed by atoms with E-state index in [0.29, 0.717) is 47.0 Å². The molecule has 9 rings (SSSR count). The van der Waals surface area contributed by atoms with Gasteiger partial charge in [0.05, 0.1) is 51.5 Å². The van der Waals surface area contributed by atoms with Gasteiger partial charge in [0.1, 0.15) is 6.61 Å². The Bertz CT molecular complexity index is 2270. The third-order valence-corrected chi connectivity index (χ3v) is 16.3. The summed E-state index contributed by atoms with van der Waals surface area (Å²) >= 11 is 0. The molecular weight excluding hydrogens is 730 g/mol. The van der Waals surface area contributed by atoms with Crippen molar-refractivity contribution in [2.24, 2.45) is 46.3 Å². The van der Waals surface area contributed by atoms with Gasteiger partial charge in [-0.25, -0.2) is 9.78 Å². The largest absolute Gasteiger partial charge is 0.458 e. The second-order valence-electron chi connectivity index (χ2n) is 18.8. The molecule has 4 saturated carbocycles. The lowest BCUT2D eigenvalue weighted by atomic mass is 9.43. The number of carbonyl (C=O) groups is 2. The van der Waals surface area contributed by atoms with Crippen LogP contribution in [0, 0.1) is 56.5 Å². The van der Waals surface area contributed by atoms with Gasteiger partial charge in [-0.2, -0.15) is 0 Å². The summed E-state index contributed by atoms with van der Waals surface area (Å²) in [6, 6.07) is 6.13. The number of pyridine rings is 2. The fourth-order valence-corrected chi connectivity index (χ4v) is 13.2. The van der Waals surface area contributed by atoms with Crippen LogP contribution in [0.4, 0.5) is 5.69 Å². The highest BCUT2D eigenvalue weighted by molar-refractivity contribution is 5.95. The molecule has 11 atom stereocenters. The average Bonchev–Trinajstić information content (AvgIpc) is 3.72. The number of nitro benzene ring substituents is 1.